The zero-order chi connectivity index (χ0) is 9.45. The van der Waals surface area contributed by atoms with Gasteiger partial charge >= 0.3 is 6.72 Å². The summed E-state index contributed by atoms with van der Waals surface area (Å²) < 4.78 is 9.48. The number of unbranched alkanes of at least 4 members (excludes halogenated alkanes) is 2. The molecular formula is C7H13O3PS. The molecule has 5 heteroatoms. The lowest BCUT2D eigenvalue weighted by Crippen LogP contribution is -1.93. The van der Waals surface area contributed by atoms with Crippen LogP contribution in [0.4, 0.5) is 0 Å². The predicted molar refractivity (Wildman–Crippen MR) is 52.1 cm³/mol. The average Bonchev–Trinajstić information content (AvgIpc) is 2.04. The minimum absolute atomic E-state index is 0.406. The Morgan fingerprint density at radius 1 is 1.58 bits per heavy atom. The molecule has 70 valence electrons. The topological polar surface area (TPSA) is 38.7 Å². The summed E-state index contributed by atoms with van der Waals surface area (Å²) in [5.74, 6) is 2.51. The summed E-state index contributed by atoms with van der Waals surface area (Å²) in [5, 5.41) is 0. The molecule has 0 radical (unpaired) electrons. The van der Waals surface area contributed by atoms with Crippen molar-refractivity contribution in [1.29, 1.82) is 0 Å². The maximum atomic E-state index is 9.12. The Labute approximate surface area is 78.3 Å². The molecule has 1 atom stereocenters. The first-order chi connectivity index (χ1) is 5.62. The molecule has 0 aromatic rings. The lowest BCUT2D eigenvalue weighted by atomic mass is 10.2. The van der Waals surface area contributed by atoms with Crippen molar-refractivity contribution in [1.82, 2.24) is 0 Å². The van der Waals surface area contributed by atoms with E-state index in [4.69, 9.17) is 15.8 Å². The van der Waals surface area contributed by atoms with E-state index in [1.807, 2.05) is 0 Å². The molecule has 0 spiro atoms. The molecule has 0 heterocycles. The van der Waals surface area contributed by atoms with Gasteiger partial charge in [0.15, 0.2) is 0 Å². The number of hydrogen-bond acceptors (Lipinski definition) is 3. The summed E-state index contributed by atoms with van der Waals surface area (Å²) in [7, 11) is 1.34. The molecule has 0 aliphatic carbocycles. The molecule has 0 bridgehead atoms. The Hall–Kier alpha value is 0.0900. The summed E-state index contributed by atoms with van der Waals surface area (Å²) in [5.41, 5.74) is 0. The minimum Gasteiger partial charge on any atom is -0.324 e. The molecular weight excluding hydrogens is 195 g/mol. The zero-order valence-electron chi connectivity index (χ0n) is 7.02. The van der Waals surface area contributed by atoms with Crippen LogP contribution in [0.1, 0.15) is 19.3 Å². The van der Waals surface area contributed by atoms with Crippen LogP contribution in [0.2, 0.25) is 0 Å². The minimum atomic E-state index is -2.94. The first-order valence-corrected chi connectivity index (χ1v) is 6.18. The van der Waals surface area contributed by atoms with Crippen LogP contribution in [0.3, 0.4) is 0 Å². The average molecular weight is 208 g/mol. The summed E-state index contributed by atoms with van der Waals surface area (Å²) in [6, 6.07) is 0. The van der Waals surface area contributed by atoms with Gasteiger partial charge in [-0.3, -0.25) is 0 Å². The number of terminal acetylenes is 1. The molecule has 0 aromatic heterocycles. The van der Waals surface area contributed by atoms with Crippen molar-refractivity contribution >= 4 is 18.5 Å². The van der Waals surface area contributed by atoms with E-state index in [-0.39, 0.29) is 0 Å². The second kappa shape index (κ2) is 6.59. The van der Waals surface area contributed by atoms with Crippen LogP contribution in [0.25, 0.3) is 0 Å². The van der Waals surface area contributed by atoms with Crippen LogP contribution in [-0.2, 0) is 20.9 Å². The Kier molecular flexibility index (Phi) is 6.64. The quantitative estimate of drug-likeness (QED) is 0.409. The first kappa shape index (κ1) is 12.1. The van der Waals surface area contributed by atoms with E-state index in [9.17, 15) is 0 Å². The molecule has 0 aromatic carbocycles. The van der Waals surface area contributed by atoms with Gasteiger partial charge in [-0.15, -0.1) is 12.3 Å². The van der Waals surface area contributed by atoms with Gasteiger partial charge in [0.25, 0.3) is 0 Å². The highest BCUT2D eigenvalue weighted by molar-refractivity contribution is 8.07. The van der Waals surface area contributed by atoms with Gasteiger partial charge in [-0.05, 0) is 24.6 Å². The summed E-state index contributed by atoms with van der Waals surface area (Å²) >= 11 is 4.60. The second-order valence-electron chi connectivity index (χ2n) is 2.15. The van der Waals surface area contributed by atoms with Crippen LogP contribution in [0, 0.1) is 12.3 Å². The van der Waals surface area contributed by atoms with Crippen LogP contribution >= 0.6 is 6.72 Å². The molecule has 0 saturated heterocycles. The Bertz CT molecular complexity index is 199. The molecule has 0 saturated carbocycles. The predicted octanol–water partition coefficient (Wildman–Crippen LogP) is 1.67. The van der Waals surface area contributed by atoms with Crippen LogP contribution in [0.5, 0.6) is 0 Å². The second-order valence-corrected chi connectivity index (χ2v) is 5.09. The van der Waals surface area contributed by atoms with Crippen LogP contribution in [-0.4, -0.2) is 18.6 Å². The summed E-state index contributed by atoms with van der Waals surface area (Å²) in [6.07, 6.45) is 7.45. The largest absolute Gasteiger partial charge is 0.324 e. The van der Waals surface area contributed by atoms with Gasteiger partial charge in [0.2, 0.25) is 0 Å². The normalized spacial score (nSPS) is 15.1. The summed E-state index contributed by atoms with van der Waals surface area (Å²) in [6.45, 7) is -2.53. The van der Waals surface area contributed by atoms with Gasteiger partial charge in [-0.1, -0.05) is 0 Å². The lowest BCUT2D eigenvalue weighted by molar-refractivity contribution is 0.222. The van der Waals surface area contributed by atoms with E-state index in [0.717, 1.165) is 19.3 Å². The highest BCUT2D eigenvalue weighted by atomic mass is 32.5. The van der Waals surface area contributed by atoms with Gasteiger partial charge in [0.05, 0.1) is 6.61 Å². The van der Waals surface area contributed by atoms with Crippen molar-refractivity contribution in [3.8, 4) is 12.3 Å². The third-order valence-corrected chi connectivity index (χ3v) is 2.93. The zero-order valence-corrected chi connectivity index (χ0v) is 8.74. The first-order valence-electron chi connectivity index (χ1n) is 3.59. The van der Waals surface area contributed by atoms with Gasteiger partial charge < -0.3 is 13.9 Å². The third kappa shape index (κ3) is 6.78. The van der Waals surface area contributed by atoms with Crippen molar-refractivity contribution in [3.05, 3.63) is 0 Å². The van der Waals surface area contributed by atoms with E-state index < -0.39 is 6.72 Å². The molecule has 0 fully saturated rings. The van der Waals surface area contributed by atoms with E-state index in [1.165, 1.54) is 7.11 Å². The van der Waals surface area contributed by atoms with Gasteiger partial charge in [-0.25, -0.2) is 0 Å². The van der Waals surface area contributed by atoms with Crippen LogP contribution < -0.4 is 0 Å². The fourth-order valence-electron chi connectivity index (χ4n) is 0.562. The van der Waals surface area contributed by atoms with Gasteiger partial charge in [-0.2, -0.15) is 0 Å². The molecule has 0 aliphatic rings. The standard InChI is InChI=1S/C7H13O3PS/c1-3-4-5-6-7-10-11(8,12)9-2/h1H,4-7H2,2H3,(H,8,12). The van der Waals surface area contributed by atoms with Gasteiger partial charge in [0.1, 0.15) is 0 Å². The van der Waals surface area contributed by atoms with Gasteiger partial charge in [0, 0.05) is 13.5 Å². The molecule has 1 N–H and O–H groups in total. The van der Waals surface area contributed by atoms with Crippen molar-refractivity contribution in [3.63, 3.8) is 0 Å². The fourth-order valence-corrected chi connectivity index (χ4v) is 1.25. The highest BCUT2D eigenvalue weighted by Gasteiger charge is 2.10. The SMILES string of the molecule is C#CCCCCOP(O)(=S)OC. The van der Waals surface area contributed by atoms with Crippen molar-refractivity contribution in [2.75, 3.05) is 13.7 Å². The van der Waals surface area contributed by atoms with Crippen LogP contribution in [0.15, 0.2) is 0 Å². The Morgan fingerprint density at radius 2 is 2.25 bits per heavy atom. The molecule has 3 nitrogen and oxygen atoms in total. The van der Waals surface area contributed by atoms with Crippen molar-refractivity contribution < 1.29 is 13.9 Å². The van der Waals surface area contributed by atoms with Crippen molar-refractivity contribution in [2.24, 2.45) is 0 Å². The molecule has 0 amide bonds. The Balaban J connectivity index is 3.33. The van der Waals surface area contributed by atoms with E-state index in [0.29, 0.717) is 6.61 Å². The van der Waals surface area contributed by atoms with E-state index >= 15 is 0 Å². The summed E-state index contributed by atoms with van der Waals surface area (Å²) in [4.78, 5) is 9.12. The number of rotatable bonds is 6. The lowest BCUT2D eigenvalue weighted by Gasteiger charge is -2.11. The maximum Gasteiger partial charge on any atom is 0.324 e. The van der Waals surface area contributed by atoms with Crippen molar-refractivity contribution in [2.45, 2.75) is 19.3 Å². The highest BCUT2D eigenvalue weighted by Crippen LogP contribution is 2.42. The number of hydrogen-bond donors (Lipinski definition) is 1. The van der Waals surface area contributed by atoms with E-state index in [2.05, 4.69) is 22.3 Å². The molecule has 0 aliphatic heterocycles. The molecule has 0 rings (SSSR count). The van der Waals surface area contributed by atoms with E-state index in [1.54, 1.807) is 0 Å². The smallest absolute Gasteiger partial charge is 0.324 e. The monoisotopic (exact) mass is 208 g/mol. The fraction of sp³-hybridized carbons (Fsp3) is 0.714. The molecule has 1 unspecified atom stereocenters. The molecule has 12 heavy (non-hydrogen) atoms. The maximum absolute atomic E-state index is 9.12. The third-order valence-electron chi connectivity index (χ3n) is 1.20. The Morgan fingerprint density at radius 3 is 2.75 bits per heavy atom.